The number of aliphatic hydroxyl groups is 1. The van der Waals surface area contributed by atoms with E-state index in [2.05, 4.69) is 45.2 Å². The SMILES string of the molecule is CC(O)c1c(I)cccc1I. The molecule has 0 fully saturated rings. The fourth-order valence-corrected chi connectivity index (χ4v) is 3.32. The largest absolute Gasteiger partial charge is 0.389 e. The Kier molecular flexibility index (Phi) is 3.57. The van der Waals surface area contributed by atoms with Gasteiger partial charge in [0.1, 0.15) is 0 Å². The van der Waals surface area contributed by atoms with Crippen molar-refractivity contribution in [1.82, 2.24) is 0 Å². The number of halogens is 2. The second-order valence-electron chi connectivity index (χ2n) is 2.31. The maximum atomic E-state index is 9.38. The molecule has 60 valence electrons. The van der Waals surface area contributed by atoms with Crippen molar-refractivity contribution in [3.63, 3.8) is 0 Å². The molecule has 0 spiro atoms. The molecule has 0 amide bonds. The van der Waals surface area contributed by atoms with Gasteiger partial charge in [-0.3, -0.25) is 0 Å². The first-order chi connectivity index (χ1) is 5.13. The normalized spacial score (nSPS) is 13.1. The summed E-state index contributed by atoms with van der Waals surface area (Å²) in [6.07, 6.45) is -0.366. The molecule has 0 saturated heterocycles. The van der Waals surface area contributed by atoms with E-state index >= 15 is 0 Å². The fraction of sp³-hybridized carbons (Fsp3) is 0.250. The Morgan fingerprint density at radius 2 is 1.73 bits per heavy atom. The molecule has 1 rings (SSSR count). The minimum atomic E-state index is -0.366. The topological polar surface area (TPSA) is 20.2 Å². The van der Waals surface area contributed by atoms with Gasteiger partial charge in [0.2, 0.25) is 0 Å². The lowest BCUT2D eigenvalue weighted by atomic mass is 10.1. The lowest BCUT2D eigenvalue weighted by Crippen LogP contribution is -1.97. The van der Waals surface area contributed by atoms with Crippen LogP contribution in [0.15, 0.2) is 18.2 Å². The standard InChI is InChI=1S/C8H8I2O/c1-5(11)8-6(9)3-2-4-7(8)10/h2-5,11H,1H3. The Bertz CT molecular complexity index is 238. The minimum Gasteiger partial charge on any atom is -0.389 e. The van der Waals surface area contributed by atoms with Crippen LogP contribution in [0.4, 0.5) is 0 Å². The number of hydrogen-bond donors (Lipinski definition) is 1. The third kappa shape index (κ3) is 2.29. The number of rotatable bonds is 1. The van der Waals surface area contributed by atoms with E-state index in [4.69, 9.17) is 0 Å². The van der Waals surface area contributed by atoms with Crippen LogP contribution in [0.25, 0.3) is 0 Å². The Morgan fingerprint density at radius 3 is 2.00 bits per heavy atom. The summed E-state index contributed by atoms with van der Waals surface area (Å²) in [6, 6.07) is 6.00. The van der Waals surface area contributed by atoms with Crippen molar-refractivity contribution in [3.8, 4) is 0 Å². The van der Waals surface area contributed by atoms with Gasteiger partial charge in [-0.1, -0.05) is 6.07 Å². The second-order valence-corrected chi connectivity index (χ2v) is 4.64. The van der Waals surface area contributed by atoms with Crippen LogP contribution >= 0.6 is 45.2 Å². The first kappa shape index (κ1) is 9.73. The zero-order chi connectivity index (χ0) is 8.43. The van der Waals surface area contributed by atoms with Gasteiger partial charge < -0.3 is 5.11 Å². The van der Waals surface area contributed by atoms with E-state index in [-0.39, 0.29) is 6.10 Å². The van der Waals surface area contributed by atoms with Crippen LogP contribution in [-0.4, -0.2) is 5.11 Å². The molecule has 0 saturated carbocycles. The van der Waals surface area contributed by atoms with Crippen LogP contribution in [-0.2, 0) is 0 Å². The van der Waals surface area contributed by atoms with E-state index in [9.17, 15) is 5.11 Å². The van der Waals surface area contributed by atoms with Gasteiger partial charge in [0.15, 0.2) is 0 Å². The first-order valence-electron chi connectivity index (χ1n) is 3.25. The van der Waals surface area contributed by atoms with Gasteiger partial charge in [-0.25, -0.2) is 0 Å². The molecule has 0 radical (unpaired) electrons. The van der Waals surface area contributed by atoms with Crippen molar-refractivity contribution >= 4 is 45.2 Å². The molecule has 1 aromatic rings. The zero-order valence-electron chi connectivity index (χ0n) is 6.01. The van der Waals surface area contributed by atoms with Gasteiger partial charge >= 0.3 is 0 Å². The van der Waals surface area contributed by atoms with Gasteiger partial charge in [-0.05, 0) is 64.2 Å². The molecule has 0 aliphatic heterocycles. The predicted molar refractivity (Wildman–Crippen MR) is 62.5 cm³/mol. The molecule has 1 unspecified atom stereocenters. The summed E-state index contributed by atoms with van der Waals surface area (Å²) in [5.41, 5.74) is 1.04. The van der Waals surface area contributed by atoms with Crippen LogP contribution in [0.3, 0.4) is 0 Å². The quantitative estimate of drug-likeness (QED) is 0.750. The molecule has 0 aromatic heterocycles. The van der Waals surface area contributed by atoms with Crippen molar-refractivity contribution in [2.24, 2.45) is 0 Å². The number of benzene rings is 1. The number of hydrogen-bond acceptors (Lipinski definition) is 1. The second kappa shape index (κ2) is 4.04. The van der Waals surface area contributed by atoms with E-state index in [1.807, 2.05) is 18.2 Å². The molecule has 0 bridgehead atoms. The summed E-state index contributed by atoms with van der Waals surface area (Å²) in [6.45, 7) is 1.79. The van der Waals surface area contributed by atoms with Crippen LogP contribution in [0, 0.1) is 7.14 Å². The van der Waals surface area contributed by atoms with Gasteiger partial charge in [-0.15, -0.1) is 0 Å². The van der Waals surface area contributed by atoms with Gasteiger partial charge in [-0.2, -0.15) is 0 Å². The summed E-state index contributed by atoms with van der Waals surface area (Å²) in [5.74, 6) is 0. The number of aliphatic hydroxyl groups excluding tert-OH is 1. The highest BCUT2D eigenvalue weighted by Gasteiger charge is 2.08. The van der Waals surface area contributed by atoms with E-state index in [0.29, 0.717) is 0 Å². The van der Waals surface area contributed by atoms with Crippen molar-refractivity contribution in [2.45, 2.75) is 13.0 Å². The maximum absolute atomic E-state index is 9.38. The Balaban J connectivity index is 3.21. The highest BCUT2D eigenvalue weighted by atomic mass is 127. The summed E-state index contributed by atoms with van der Waals surface area (Å²) in [4.78, 5) is 0. The molecular formula is C8H8I2O. The van der Waals surface area contributed by atoms with Gasteiger partial charge in [0.05, 0.1) is 6.10 Å². The maximum Gasteiger partial charge on any atom is 0.0782 e. The van der Waals surface area contributed by atoms with E-state index in [0.717, 1.165) is 12.7 Å². The highest BCUT2D eigenvalue weighted by Crippen LogP contribution is 2.24. The molecule has 0 aliphatic carbocycles. The average Bonchev–Trinajstić information content (AvgIpc) is 1.85. The summed E-state index contributed by atoms with van der Waals surface area (Å²) in [7, 11) is 0. The molecular weight excluding hydrogens is 366 g/mol. The summed E-state index contributed by atoms with van der Waals surface area (Å²) < 4.78 is 2.26. The molecule has 1 N–H and O–H groups in total. The highest BCUT2D eigenvalue weighted by molar-refractivity contribution is 14.1. The van der Waals surface area contributed by atoms with E-state index in [1.165, 1.54) is 0 Å². The van der Waals surface area contributed by atoms with Crippen LogP contribution in [0.2, 0.25) is 0 Å². The fourth-order valence-electron chi connectivity index (χ4n) is 0.910. The van der Waals surface area contributed by atoms with Crippen LogP contribution in [0.5, 0.6) is 0 Å². The molecule has 3 heteroatoms. The third-order valence-electron chi connectivity index (χ3n) is 1.42. The Morgan fingerprint density at radius 1 is 1.27 bits per heavy atom. The van der Waals surface area contributed by atoms with Crippen molar-refractivity contribution < 1.29 is 5.11 Å². The van der Waals surface area contributed by atoms with Crippen molar-refractivity contribution in [3.05, 3.63) is 30.9 Å². The van der Waals surface area contributed by atoms with Gasteiger partial charge in [0.25, 0.3) is 0 Å². The Labute approximate surface area is 93.5 Å². The van der Waals surface area contributed by atoms with Gasteiger partial charge in [0, 0.05) is 12.7 Å². The smallest absolute Gasteiger partial charge is 0.0782 e. The lowest BCUT2D eigenvalue weighted by molar-refractivity contribution is 0.197. The lowest BCUT2D eigenvalue weighted by Gasteiger charge is -2.09. The molecule has 0 aliphatic rings. The van der Waals surface area contributed by atoms with E-state index < -0.39 is 0 Å². The van der Waals surface area contributed by atoms with Crippen LogP contribution in [0.1, 0.15) is 18.6 Å². The molecule has 11 heavy (non-hydrogen) atoms. The Hall–Kier alpha value is 0.640. The summed E-state index contributed by atoms with van der Waals surface area (Å²) in [5, 5.41) is 9.38. The first-order valence-corrected chi connectivity index (χ1v) is 5.40. The average molecular weight is 374 g/mol. The zero-order valence-corrected chi connectivity index (χ0v) is 10.3. The molecule has 1 nitrogen and oxygen atoms in total. The summed E-state index contributed by atoms with van der Waals surface area (Å²) >= 11 is 4.47. The molecule has 1 aromatic carbocycles. The van der Waals surface area contributed by atoms with Crippen LogP contribution < -0.4 is 0 Å². The van der Waals surface area contributed by atoms with Crippen molar-refractivity contribution in [1.29, 1.82) is 0 Å². The van der Waals surface area contributed by atoms with Crippen molar-refractivity contribution in [2.75, 3.05) is 0 Å². The minimum absolute atomic E-state index is 0.366. The van der Waals surface area contributed by atoms with E-state index in [1.54, 1.807) is 6.92 Å². The third-order valence-corrected chi connectivity index (χ3v) is 3.30. The molecule has 0 heterocycles. The molecule has 1 atom stereocenters. The predicted octanol–water partition coefficient (Wildman–Crippen LogP) is 2.95. The monoisotopic (exact) mass is 374 g/mol.